The lowest BCUT2D eigenvalue weighted by Crippen LogP contribution is -2.09. The van der Waals surface area contributed by atoms with Crippen molar-refractivity contribution in [2.24, 2.45) is 0 Å². The summed E-state index contributed by atoms with van der Waals surface area (Å²) >= 11 is 2.94. The Labute approximate surface area is 104 Å². The molecule has 0 radical (unpaired) electrons. The van der Waals surface area contributed by atoms with Crippen LogP contribution in [0.5, 0.6) is 0 Å². The van der Waals surface area contributed by atoms with Crippen molar-refractivity contribution in [1.82, 2.24) is 0 Å². The highest BCUT2D eigenvalue weighted by molar-refractivity contribution is 9.09. The lowest BCUT2D eigenvalue weighted by molar-refractivity contribution is -0.135. The van der Waals surface area contributed by atoms with E-state index in [-0.39, 0.29) is 17.5 Å². The van der Waals surface area contributed by atoms with Gasteiger partial charge in [0.25, 0.3) is 0 Å². The van der Waals surface area contributed by atoms with Crippen LogP contribution in [0.15, 0.2) is 12.1 Å². The fourth-order valence-electron chi connectivity index (χ4n) is 1.35. The van der Waals surface area contributed by atoms with Gasteiger partial charge in [-0.3, -0.25) is 0 Å². The molecular formula is C11H10BrF5. The third-order valence-corrected chi connectivity index (χ3v) is 3.25. The van der Waals surface area contributed by atoms with Crippen LogP contribution < -0.4 is 0 Å². The predicted molar refractivity (Wildman–Crippen MR) is 58.1 cm³/mol. The standard InChI is InChI=1S/C11H10BrF5/c1-6-4-10(14)7(5-9(6)13)8(12)2-3-11(15,16)17/h4-5,8H,2-3H2,1H3. The maximum absolute atomic E-state index is 13.4. The molecule has 0 aliphatic rings. The van der Waals surface area contributed by atoms with Crippen LogP contribution in [0, 0.1) is 18.6 Å². The van der Waals surface area contributed by atoms with Crippen molar-refractivity contribution in [3.63, 3.8) is 0 Å². The summed E-state index contributed by atoms with van der Waals surface area (Å²) in [5.41, 5.74) is 0.0409. The normalized spacial score (nSPS) is 13.8. The van der Waals surface area contributed by atoms with Crippen molar-refractivity contribution in [1.29, 1.82) is 0 Å². The van der Waals surface area contributed by atoms with Gasteiger partial charge in [-0.2, -0.15) is 13.2 Å². The van der Waals surface area contributed by atoms with Gasteiger partial charge >= 0.3 is 6.18 Å². The van der Waals surface area contributed by atoms with Crippen molar-refractivity contribution in [3.05, 3.63) is 34.9 Å². The third kappa shape index (κ3) is 4.26. The van der Waals surface area contributed by atoms with Crippen LogP contribution in [0.25, 0.3) is 0 Å². The van der Waals surface area contributed by atoms with E-state index in [0.717, 1.165) is 12.1 Å². The predicted octanol–water partition coefficient (Wildman–Crippen LogP) is 5.05. The molecule has 0 aromatic heterocycles. The van der Waals surface area contributed by atoms with Gasteiger partial charge in [-0.05, 0) is 31.0 Å². The van der Waals surface area contributed by atoms with Gasteiger partial charge in [-0.1, -0.05) is 15.9 Å². The summed E-state index contributed by atoms with van der Waals surface area (Å²) in [5, 5.41) is 0. The van der Waals surface area contributed by atoms with E-state index in [1.54, 1.807) is 0 Å². The summed E-state index contributed by atoms with van der Waals surface area (Å²) in [6.45, 7) is 1.39. The van der Waals surface area contributed by atoms with Gasteiger partial charge in [-0.15, -0.1) is 0 Å². The lowest BCUT2D eigenvalue weighted by Gasteiger charge is -2.13. The minimum Gasteiger partial charge on any atom is -0.207 e. The molecule has 0 aliphatic carbocycles. The quantitative estimate of drug-likeness (QED) is 0.540. The first-order chi connectivity index (χ1) is 7.70. The second-order valence-electron chi connectivity index (χ2n) is 3.74. The molecule has 0 aliphatic heterocycles. The number of hydrogen-bond donors (Lipinski definition) is 0. The number of rotatable bonds is 3. The Morgan fingerprint density at radius 2 is 1.76 bits per heavy atom. The zero-order valence-electron chi connectivity index (χ0n) is 8.91. The number of benzene rings is 1. The molecule has 1 atom stereocenters. The molecule has 1 aromatic carbocycles. The third-order valence-electron chi connectivity index (χ3n) is 2.30. The first-order valence-electron chi connectivity index (χ1n) is 4.87. The van der Waals surface area contributed by atoms with E-state index >= 15 is 0 Å². The molecule has 0 heterocycles. The fourth-order valence-corrected chi connectivity index (χ4v) is 1.93. The van der Waals surface area contributed by atoms with Gasteiger partial charge in [0.15, 0.2) is 0 Å². The van der Waals surface area contributed by atoms with E-state index in [2.05, 4.69) is 15.9 Å². The summed E-state index contributed by atoms with van der Waals surface area (Å²) in [6.07, 6.45) is -5.67. The number of hydrogen-bond acceptors (Lipinski definition) is 0. The van der Waals surface area contributed by atoms with Gasteiger partial charge < -0.3 is 0 Å². The van der Waals surface area contributed by atoms with Crippen molar-refractivity contribution < 1.29 is 22.0 Å². The smallest absolute Gasteiger partial charge is 0.207 e. The summed E-state index contributed by atoms with van der Waals surface area (Å²) in [6, 6.07) is 1.91. The second kappa shape index (κ2) is 5.33. The lowest BCUT2D eigenvalue weighted by atomic mass is 10.0. The Bertz CT molecular complexity index is 400. The van der Waals surface area contributed by atoms with Crippen LogP contribution in [0.3, 0.4) is 0 Å². The van der Waals surface area contributed by atoms with Crippen LogP contribution >= 0.6 is 15.9 Å². The SMILES string of the molecule is Cc1cc(F)c(C(Br)CCC(F)(F)F)cc1F. The summed E-state index contributed by atoms with van der Waals surface area (Å²) in [7, 11) is 0. The van der Waals surface area contributed by atoms with Gasteiger partial charge in [0.05, 0.1) is 0 Å². The summed E-state index contributed by atoms with van der Waals surface area (Å²) < 4.78 is 62.6. The van der Waals surface area contributed by atoms with Crippen molar-refractivity contribution in [2.75, 3.05) is 0 Å². The van der Waals surface area contributed by atoms with Gasteiger partial charge in [-0.25, -0.2) is 8.78 Å². The molecule has 17 heavy (non-hydrogen) atoms. The molecule has 0 nitrogen and oxygen atoms in total. The molecule has 1 aromatic rings. The Morgan fingerprint density at radius 3 is 2.29 bits per heavy atom. The van der Waals surface area contributed by atoms with E-state index in [0.29, 0.717) is 0 Å². The zero-order valence-corrected chi connectivity index (χ0v) is 10.5. The zero-order chi connectivity index (χ0) is 13.2. The average Bonchev–Trinajstić information content (AvgIpc) is 2.19. The van der Waals surface area contributed by atoms with Gasteiger partial charge in [0.2, 0.25) is 0 Å². The Hall–Kier alpha value is -0.650. The Morgan fingerprint density at radius 1 is 1.18 bits per heavy atom. The molecular weight excluding hydrogens is 307 g/mol. The molecule has 0 saturated heterocycles. The largest absolute Gasteiger partial charge is 0.389 e. The minimum atomic E-state index is -4.30. The van der Waals surface area contributed by atoms with Crippen LogP contribution in [-0.4, -0.2) is 6.18 Å². The molecule has 0 spiro atoms. The van der Waals surface area contributed by atoms with E-state index in [1.165, 1.54) is 6.92 Å². The van der Waals surface area contributed by atoms with Crippen molar-refractivity contribution in [2.45, 2.75) is 30.8 Å². The highest BCUT2D eigenvalue weighted by Gasteiger charge is 2.28. The molecule has 1 unspecified atom stereocenters. The van der Waals surface area contributed by atoms with E-state index < -0.39 is 29.1 Å². The fraction of sp³-hybridized carbons (Fsp3) is 0.455. The topological polar surface area (TPSA) is 0 Å². The summed E-state index contributed by atoms with van der Waals surface area (Å²) in [5.74, 6) is -1.33. The monoisotopic (exact) mass is 316 g/mol. The van der Waals surface area contributed by atoms with Crippen LogP contribution in [0.1, 0.15) is 28.8 Å². The Kier molecular flexibility index (Phi) is 4.52. The maximum atomic E-state index is 13.4. The van der Waals surface area contributed by atoms with Crippen LogP contribution in [0.4, 0.5) is 22.0 Å². The summed E-state index contributed by atoms with van der Waals surface area (Å²) in [4.78, 5) is -0.848. The Balaban J connectivity index is 2.82. The molecule has 1 rings (SSSR count). The minimum absolute atomic E-state index is 0.0858. The van der Waals surface area contributed by atoms with Crippen LogP contribution in [-0.2, 0) is 0 Å². The van der Waals surface area contributed by atoms with Gasteiger partial charge in [0.1, 0.15) is 11.6 Å². The highest BCUT2D eigenvalue weighted by Crippen LogP contribution is 2.34. The van der Waals surface area contributed by atoms with Crippen molar-refractivity contribution in [3.8, 4) is 0 Å². The van der Waals surface area contributed by atoms with E-state index in [1.807, 2.05) is 0 Å². The number of aryl methyl sites for hydroxylation is 1. The molecule has 0 N–H and O–H groups in total. The van der Waals surface area contributed by atoms with Gasteiger partial charge in [0, 0.05) is 16.8 Å². The molecule has 0 bridgehead atoms. The van der Waals surface area contributed by atoms with Crippen LogP contribution in [0.2, 0.25) is 0 Å². The molecule has 6 heteroatoms. The molecule has 0 saturated carbocycles. The average molecular weight is 317 g/mol. The number of alkyl halides is 4. The number of halogens is 6. The van der Waals surface area contributed by atoms with E-state index in [4.69, 9.17) is 0 Å². The highest BCUT2D eigenvalue weighted by atomic mass is 79.9. The molecule has 96 valence electrons. The van der Waals surface area contributed by atoms with E-state index in [9.17, 15) is 22.0 Å². The van der Waals surface area contributed by atoms with Crippen molar-refractivity contribution >= 4 is 15.9 Å². The molecule has 0 fully saturated rings. The second-order valence-corrected chi connectivity index (χ2v) is 4.85. The first-order valence-corrected chi connectivity index (χ1v) is 5.78. The first kappa shape index (κ1) is 14.4. The molecule has 0 amide bonds. The maximum Gasteiger partial charge on any atom is 0.389 e.